The lowest BCUT2D eigenvalue weighted by molar-refractivity contribution is -0.136. The zero-order chi connectivity index (χ0) is 14.5. The largest absolute Gasteiger partial charge is 0.375 e. The van der Waals surface area contributed by atoms with Crippen LogP contribution in [0, 0.1) is 5.95 Å². The quantitative estimate of drug-likeness (QED) is 0.740. The Labute approximate surface area is 116 Å². The fourth-order valence-corrected chi connectivity index (χ4v) is 2.06. The van der Waals surface area contributed by atoms with Crippen molar-refractivity contribution in [3.63, 3.8) is 0 Å². The smallest absolute Gasteiger partial charge is 0.272 e. The average Bonchev–Trinajstić information content (AvgIpc) is 2.47. The number of pyridine rings is 1. The SMILES string of the molecule is COCC(=O)N1CCN(C(=O)c2cccc(F)n2)CC1. The summed E-state index contributed by atoms with van der Waals surface area (Å²) in [5, 5.41) is 0. The minimum atomic E-state index is -0.676. The van der Waals surface area contributed by atoms with Gasteiger partial charge in [-0.3, -0.25) is 9.59 Å². The second-order valence-electron chi connectivity index (χ2n) is 4.45. The maximum Gasteiger partial charge on any atom is 0.272 e. The average molecular weight is 281 g/mol. The van der Waals surface area contributed by atoms with Crippen LogP contribution < -0.4 is 0 Å². The number of methoxy groups -OCH3 is 1. The van der Waals surface area contributed by atoms with E-state index in [2.05, 4.69) is 4.98 Å². The number of carbonyl (C=O) groups excluding carboxylic acids is 2. The van der Waals surface area contributed by atoms with Gasteiger partial charge in [0.05, 0.1) is 0 Å². The van der Waals surface area contributed by atoms with E-state index in [4.69, 9.17) is 4.74 Å². The van der Waals surface area contributed by atoms with E-state index in [-0.39, 0.29) is 24.1 Å². The Balaban J connectivity index is 1.93. The van der Waals surface area contributed by atoms with Gasteiger partial charge in [-0.15, -0.1) is 0 Å². The second-order valence-corrected chi connectivity index (χ2v) is 4.45. The molecule has 0 spiro atoms. The van der Waals surface area contributed by atoms with Crippen LogP contribution in [0.15, 0.2) is 18.2 Å². The predicted molar refractivity (Wildman–Crippen MR) is 68.6 cm³/mol. The number of carbonyl (C=O) groups is 2. The lowest BCUT2D eigenvalue weighted by atomic mass is 10.2. The fraction of sp³-hybridized carbons (Fsp3) is 0.462. The van der Waals surface area contributed by atoms with Gasteiger partial charge in [-0.05, 0) is 12.1 Å². The highest BCUT2D eigenvalue weighted by Gasteiger charge is 2.25. The highest BCUT2D eigenvalue weighted by molar-refractivity contribution is 5.92. The molecule has 0 radical (unpaired) electrons. The number of halogens is 1. The number of ether oxygens (including phenoxy) is 1. The number of aromatic nitrogens is 1. The summed E-state index contributed by atoms with van der Waals surface area (Å²) >= 11 is 0. The van der Waals surface area contributed by atoms with Crippen molar-refractivity contribution in [3.8, 4) is 0 Å². The van der Waals surface area contributed by atoms with Gasteiger partial charge in [-0.2, -0.15) is 4.39 Å². The Bertz CT molecular complexity index is 501. The molecule has 0 bridgehead atoms. The number of hydrogen-bond donors (Lipinski definition) is 0. The maximum absolute atomic E-state index is 13.0. The van der Waals surface area contributed by atoms with Crippen LogP contribution in [0.2, 0.25) is 0 Å². The summed E-state index contributed by atoms with van der Waals surface area (Å²) in [4.78, 5) is 30.5. The molecule has 0 atom stereocenters. The van der Waals surface area contributed by atoms with Gasteiger partial charge in [0, 0.05) is 33.3 Å². The summed E-state index contributed by atoms with van der Waals surface area (Å²) in [6.07, 6.45) is 0. The number of piperazine rings is 1. The summed E-state index contributed by atoms with van der Waals surface area (Å²) in [6.45, 7) is 1.75. The van der Waals surface area contributed by atoms with E-state index < -0.39 is 5.95 Å². The first-order valence-corrected chi connectivity index (χ1v) is 6.30. The molecule has 1 aliphatic heterocycles. The zero-order valence-electron chi connectivity index (χ0n) is 11.2. The Morgan fingerprint density at radius 1 is 1.25 bits per heavy atom. The number of nitrogens with zero attached hydrogens (tertiary/aromatic N) is 3. The summed E-state index contributed by atoms with van der Waals surface area (Å²) in [5.41, 5.74) is 0.0849. The van der Waals surface area contributed by atoms with Gasteiger partial charge in [0.15, 0.2) is 0 Å². The fourth-order valence-electron chi connectivity index (χ4n) is 2.06. The minimum absolute atomic E-state index is 0.0411. The molecule has 0 unspecified atom stereocenters. The molecule has 1 fully saturated rings. The van der Waals surface area contributed by atoms with Gasteiger partial charge in [0.1, 0.15) is 12.3 Å². The van der Waals surface area contributed by atoms with E-state index in [9.17, 15) is 14.0 Å². The van der Waals surface area contributed by atoms with Gasteiger partial charge in [-0.1, -0.05) is 6.07 Å². The first-order chi connectivity index (χ1) is 9.61. The summed E-state index contributed by atoms with van der Waals surface area (Å²) < 4.78 is 17.8. The molecule has 6 nitrogen and oxygen atoms in total. The van der Waals surface area contributed by atoms with Gasteiger partial charge in [0.2, 0.25) is 11.9 Å². The minimum Gasteiger partial charge on any atom is -0.375 e. The van der Waals surface area contributed by atoms with E-state index >= 15 is 0 Å². The Morgan fingerprint density at radius 2 is 1.90 bits per heavy atom. The normalized spacial score (nSPS) is 15.3. The lowest BCUT2D eigenvalue weighted by Crippen LogP contribution is -2.51. The van der Waals surface area contributed by atoms with Crippen LogP contribution in [0.3, 0.4) is 0 Å². The molecule has 1 aliphatic rings. The number of rotatable bonds is 3. The van der Waals surface area contributed by atoms with Gasteiger partial charge in [0.25, 0.3) is 5.91 Å². The van der Waals surface area contributed by atoms with Crippen molar-refractivity contribution >= 4 is 11.8 Å². The summed E-state index contributed by atoms with van der Waals surface area (Å²) in [6, 6.07) is 4.12. The van der Waals surface area contributed by atoms with Crippen LogP contribution in [0.4, 0.5) is 4.39 Å². The highest BCUT2D eigenvalue weighted by atomic mass is 19.1. The molecule has 1 aromatic heterocycles. The van der Waals surface area contributed by atoms with Crippen molar-refractivity contribution in [3.05, 3.63) is 29.8 Å². The van der Waals surface area contributed by atoms with E-state index in [0.29, 0.717) is 26.2 Å². The van der Waals surface area contributed by atoms with E-state index in [1.165, 1.54) is 25.3 Å². The Morgan fingerprint density at radius 3 is 2.50 bits per heavy atom. The molecule has 2 heterocycles. The van der Waals surface area contributed by atoms with Crippen LogP contribution in [0.25, 0.3) is 0 Å². The Hall–Kier alpha value is -2.02. The van der Waals surface area contributed by atoms with Crippen molar-refractivity contribution < 1.29 is 18.7 Å². The van der Waals surface area contributed by atoms with Gasteiger partial charge < -0.3 is 14.5 Å². The van der Waals surface area contributed by atoms with Crippen LogP contribution in [-0.2, 0) is 9.53 Å². The molecular formula is C13H16FN3O3. The number of amides is 2. The molecule has 20 heavy (non-hydrogen) atoms. The van der Waals surface area contributed by atoms with Crippen molar-refractivity contribution in [2.24, 2.45) is 0 Å². The van der Waals surface area contributed by atoms with Crippen molar-refractivity contribution in [1.29, 1.82) is 0 Å². The summed E-state index contributed by atoms with van der Waals surface area (Å²) in [7, 11) is 1.47. The Kier molecular flexibility index (Phi) is 4.62. The van der Waals surface area contributed by atoms with Gasteiger partial charge >= 0.3 is 0 Å². The van der Waals surface area contributed by atoms with E-state index in [1.807, 2.05) is 0 Å². The van der Waals surface area contributed by atoms with E-state index in [0.717, 1.165) is 0 Å². The molecule has 2 rings (SSSR count). The topological polar surface area (TPSA) is 62.7 Å². The molecule has 0 aromatic carbocycles. The summed E-state index contributed by atoms with van der Waals surface area (Å²) in [5.74, 6) is -1.09. The first-order valence-electron chi connectivity index (χ1n) is 6.30. The number of hydrogen-bond acceptors (Lipinski definition) is 4. The van der Waals surface area contributed by atoms with Crippen LogP contribution in [0.5, 0.6) is 0 Å². The van der Waals surface area contributed by atoms with Crippen molar-refractivity contribution in [2.75, 3.05) is 39.9 Å². The first kappa shape index (κ1) is 14.4. The van der Waals surface area contributed by atoms with Crippen LogP contribution in [0.1, 0.15) is 10.5 Å². The standard InChI is InChI=1S/C13H16FN3O3/c1-20-9-12(18)16-5-7-17(8-6-16)13(19)10-3-2-4-11(14)15-10/h2-4H,5-9H2,1H3. The van der Waals surface area contributed by atoms with Crippen LogP contribution >= 0.6 is 0 Å². The van der Waals surface area contributed by atoms with Crippen LogP contribution in [-0.4, -0.2) is 66.5 Å². The molecule has 0 N–H and O–H groups in total. The van der Waals surface area contributed by atoms with Crippen molar-refractivity contribution in [2.45, 2.75) is 0 Å². The highest BCUT2D eigenvalue weighted by Crippen LogP contribution is 2.08. The third-order valence-corrected chi connectivity index (χ3v) is 3.12. The molecule has 0 aliphatic carbocycles. The van der Waals surface area contributed by atoms with Crippen molar-refractivity contribution in [1.82, 2.24) is 14.8 Å². The monoisotopic (exact) mass is 281 g/mol. The lowest BCUT2D eigenvalue weighted by Gasteiger charge is -2.34. The molecule has 2 amide bonds. The second kappa shape index (κ2) is 6.42. The molecule has 7 heteroatoms. The predicted octanol–water partition coefficient (Wildman–Crippen LogP) is 0.151. The molecule has 108 valence electrons. The maximum atomic E-state index is 13.0. The molecular weight excluding hydrogens is 265 g/mol. The zero-order valence-corrected chi connectivity index (χ0v) is 11.2. The van der Waals surface area contributed by atoms with E-state index in [1.54, 1.807) is 9.80 Å². The third-order valence-electron chi connectivity index (χ3n) is 3.12. The molecule has 1 aromatic rings. The third kappa shape index (κ3) is 3.30. The molecule has 1 saturated heterocycles. The molecule has 0 saturated carbocycles. The van der Waals surface area contributed by atoms with Gasteiger partial charge in [-0.25, -0.2) is 4.98 Å².